The Morgan fingerprint density at radius 2 is 1.82 bits per heavy atom. The van der Waals surface area contributed by atoms with Crippen LogP contribution in [0.15, 0.2) is 79.0 Å². The van der Waals surface area contributed by atoms with Crippen molar-refractivity contribution in [1.82, 2.24) is 4.57 Å². The van der Waals surface area contributed by atoms with Crippen molar-refractivity contribution in [3.8, 4) is 0 Å². The first-order valence-electron chi connectivity index (χ1n) is 8.98. The van der Waals surface area contributed by atoms with Gasteiger partial charge in [0.25, 0.3) is 0 Å². The normalized spacial score (nSPS) is 10.9. The molecule has 0 unspecified atom stereocenters. The van der Waals surface area contributed by atoms with E-state index in [9.17, 15) is 4.79 Å². The van der Waals surface area contributed by atoms with Crippen molar-refractivity contribution < 1.29 is 9.90 Å². The summed E-state index contributed by atoms with van der Waals surface area (Å²) in [5.41, 5.74) is 4.50. The predicted molar refractivity (Wildman–Crippen MR) is 113 cm³/mol. The van der Waals surface area contributed by atoms with E-state index in [1.807, 2.05) is 36.4 Å². The van der Waals surface area contributed by atoms with Gasteiger partial charge in [-0.05, 0) is 47.5 Å². The van der Waals surface area contributed by atoms with E-state index in [0.29, 0.717) is 6.54 Å². The Balaban J connectivity index is 1.61. The highest BCUT2D eigenvalue weighted by molar-refractivity contribution is 6.30. The number of anilines is 1. The molecule has 1 heterocycles. The molecule has 0 saturated carbocycles. The number of carbonyl (C=O) groups is 1. The molecule has 140 valence electrons. The molecule has 1 aromatic heterocycles. The Bertz CT molecular complexity index is 1150. The van der Waals surface area contributed by atoms with E-state index >= 15 is 0 Å². The molecule has 0 saturated heterocycles. The molecule has 4 nitrogen and oxygen atoms in total. The molecule has 0 spiro atoms. The van der Waals surface area contributed by atoms with E-state index in [4.69, 9.17) is 16.7 Å². The van der Waals surface area contributed by atoms with Crippen LogP contribution in [0.3, 0.4) is 0 Å². The topological polar surface area (TPSA) is 54.3 Å². The minimum atomic E-state index is -0.929. The van der Waals surface area contributed by atoms with E-state index in [0.717, 1.165) is 33.9 Å². The summed E-state index contributed by atoms with van der Waals surface area (Å²) in [5, 5.41) is 14.4. The number of benzene rings is 3. The van der Waals surface area contributed by atoms with Gasteiger partial charge in [0.15, 0.2) is 0 Å². The van der Waals surface area contributed by atoms with Crippen LogP contribution in [0.5, 0.6) is 0 Å². The van der Waals surface area contributed by atoms with Gasteiger partial charge in [-0.2, -0.15) is 0 Å². The minimum Gasteiger partial charge on any atom is -0.478 e. The van der Waals surface area contributed by atoms with E-state index in [1.165, 1.54) is 5.39 Å². The zero-order chi connectivity index (χ0) is 19.5. The summed E-state index contributed by atoms with van der Waals surface area (Å²) in [5.74, 6) is -0.929. The van der Waals surface area contributed by atoms with E-state index in [-0.39, 0.29) is 5.56 Å². The van der Waals surface area contributed by atoms with Gasteiger partial charge in [0.1, 0.15) is 0 Å². The van der Waals surface area contributed by atoms with Crippen LogP contribution in [0.25, 0.3) is 10.9 Å². The fourth-order valence-electron chi connectivity index (χ4n) is 3.39. The van der Waals surface area contributed by atoms with Gasteiger partial charge in [-0.25, -0.2) is 4.79 Å². The molecule has 0 aliphatic rings. The third kappa shape index (κ3) is 3.87. The zero-order valence-electron chi connectivity index (χ0n) is 15.1. The van der Waals surface area contributed by atoms with E-state index in [1.54, 1.807) is 18.2 Å². The Hall–Kier alpha value is -3.24. The highest BCUT2D eigenvalue weighted by atomic mass is 35.5. The number of carboxylic acids is 1. The third-order valence-electron chi connectivity index (χ3n) is 4.71. The Morgan fingerprint density at radius 3 is 2.64 bits per heavy atom. The van der Waals surface area contributed by atoms with Crippen molar-refractivity contribution in [3.05, 3.63) is 101 Å². The number of hydrogen-bond acceptors (Lipinski definition) is 2. The number of hydrogen-bond donors (Lipinski definition) is 2. The van der Waals surface area contributed by atoms with Gasteiger partial charge < -0.3 is 15.0 Å². The number of nitrogens with one attached hydrogen (secondary N) is 1. The van der Waals surface area contributed by atoms with Crippen molar-refractivity contribution in [2.45, 2.75) is 13.1 Å². The molecule has 5 heteroatoms. The SMILES string of the molecule is O=C(O)c1cccc(NCc2cn(Cc3cccc(Cl)c3)c3ccccc23)c1. The molecule has 0 bridgehead atoms. The summed E-state index contributed by atoms with van der Waals surface area (Å²) < 4.78 is 2.21. The molecule has 0 aliphatic carbocycles. The number of nitrogens with zero attached hydrogens (tertiary/aromatic N) is 1. The minimum absolute atomic E-state index is 0.272. The van der Waals surface area contributed by atoms with Gasteiger partial charge in [0.05, 0.1) is 5.56 Å². The molecule has 0 atom stereocenters. The van der Waals surface area contributed by atoms with Crippen molar-refractivity contribution >= 4 is 34.2 Å². The van der Waals surface area contributed by atoms with E-state index < -0.39 is 5.97 Å². The maximum Gasteiger partial charge on any atom is 0.335 e. The molecule has 0 aliphatic heterocycles. The van der Waals surface area contributed by atoms with Gasteiger partial charge in [-0.15, -0.1) is 0 Å². The molecule has 0 radical (unpaired) electrons. The lowest BCUT2D eigenvalue weighted by Gasteiger charge is -2.07. The number of aromatic carboxylic acids is 1. The largest absolute Gasteiger partial charge is 0.478 e. The molecule has 28 heavy (non-hydrogen) atoms. The maximum atomic E-state index is 11.2. The first kappa shape index (κ1) is 18.1. The Labute approximate surface area is 168 Å². The number of halogens is 1. The Kier molecular flexibility index (Phi) is 5.04. The molecular weight excluding hydrogens is 372 g/mol. The summed E-state index contributed by atoms with van der Waals surface area (Å²) in [7, 11) is 0. The number of rotatable bonds is 6. The second kappa shape index (κ2) is 7.79. The monoisotopic (exact) mass is 390 g/mol. The smallest absolute Gasteiger partial charge is 0.335 e. The fourth-order valence-corrected chi connectivity index (χ4v) is 3.60. The summed E-state index contributed by atoms with van der Waals surface area (Å²) >= 11 is 6.13. The number of para-hydroxylation sites is 1. The van der Waals surface area contributed by atoms with Crippen LogP contribution in [-0.4, -0.2) is 15.6 Å². The molecular formula is C23H19ClN2O2. The third-order valence-corrected chi connectivity index (χ3v) is 4.94. The highest BCUT2D eigenvalue weighted by Gasteiger charge is 2.09. The van der Waals surface area contributed by atoms with Crippen LogP contribution in [-0.2, 0) is 13.1 Å². The van der Waals surface area contributed by atoms with Gasteiger partial charge in [-0.1, -0.05) is 48.0 Å². The molecule has 4 aromatic rings. The molecule has 4 rings (SSSR count). The average Bonchev–Trinajstić information content (AvgIpc) is 3.04. The lowest BCUT2D eigenvalue weighted by atomic mass is 10.1. The summed E-state index contributed by atoms with van der Waals surface area (Å²) in [6, 6.07) is 23.0. The summed E-state index contributed by atoms with van der Waals surface area (Å²) in [6.45, 7) is 1.34. The van der Waals surface area contributed by atoms with Gasteiger partial charge in [0.2, 0.25) is 0 Å². The van der Waals surface area contributed by atoms with Crippen molar-refractivity contribution in [1.29, 1.82) is 0 Å². The standard InChI is InChI=1S/C23H19ClN2O2/c24-19-7-3-5-16(11-19)14-26-15-18(21-9-1-2-10-22(21)26)13-25-20-8-4-6-17(12-20)23(27)28/h1-12,15,25H,13-14H2,(H,27,28). The van der Waals surface area contributed by atoms with Crippen LogP contribution in [0.4, 0.5) is 5.69 Å². The molecule has 0 amide bonds. The molecule has 0 fully saturated rings. The maximum absolute atomic E-state index is 11.2. The first-order chi connectivity index (χ1) is 13.6. The zero-order valence-corrected chi connectivity index (χ0v) is 15.9. The van der Waals surface area contributed by atoms with Crippen LogP contribution in [0.2, 0.25) is 5.02 Å². The summed E-state index contributed by atoms with van der Waals surface area (Å²) in [6.07, 6.45) is 2.14. The quantitative estimate of drug-likeness (QED) is 0.447. The number of fused-ring (bicyclic) bond motifs is 1. The lowest BCUT2D eigenvalue weighted by molar-refractivity contribution is 0.0697. The summed E-state index contributed by atoms with van der Waals surface area (Å²) in [4.78, 5) is 11.2. The first-order valence-corrected chi connectivity index (χ1v) is 9.36. The number of carboxylic acid groups (broad SMARTS) is 1. The predicted octanol–water partition coefficient (Wildman–Crippen LogP) is 5.65. The lowest BCUT2D eigenvalue weighted by Crippen LogP contribution is -2.02. The molecule has 2 N–H and O–H groups in total. The average molecular weight is 391 g/mol. The van der Waals surface area contributed by atoms with Gasteiger partial charge in [0, 0.05) is 40.9 Å². The van der Waals surface area contributed by atoms with Crippen LogP contribution in [0.1, 0.15) is 21.5 Å². The van der Waals surface area contributed by atoms with E-state index in [2.05, 4.69) is 34.3 Å². The highest BCUT2D eigenvalue weighted by Crippen LogP contribution is 2.24. The van der Waals surface area contributed by atoms with Crippen LogP contribution in [0, 0.1) is 0 Å². The van der Waals surface area contributed by atoms with Crippen molar-refractivity contribution in [2.75, 3.05) is 5.32 Å². The number of aromatic nitrogens is 1. The second-order valence-electron chi connectivity index (χ2n) is 6.67. The van der Waals surface area contributed by atoms with Crippen LogP contribution >= 0.6 is 11.6 Å². The second-order valence-corrected chi connectivity index (χ2v) is 7.11. The Morgan fingerprint density at radius 1 is 1.00 bits per heavy atom. The van der Waals surface area contributed by atoms with Crippen LogP contribution < -0.4 is 5.32 Å². The fraction of sp³-hybridized carbons (Fsp3) is 0.0870. The van der Waals surface area contributed by atoms with Crippen molar-refractivity contribution in [3.63, 3.8) is 0 Å². The van der Waals surface area contributed by atoms with Gasteiger partial charge >= 0.3 is 5.97 Å². The van der Waals surface area contributed by atoms with Crippen molar-refractivity contribution in [2.24, 2.45) is 0 Å². The molecule has 3 aromatic carbocycles. The van der Waals surface area contributed by atoms with Gasteiger partial charge in [-0.3, -0.25) is 0 Å².